The number of nitrogens with two attached hydrogens (primary N) is 1. The van der Waals surface area contributed by atoms with Crippen LogP contribution in [0.25, 0.3) is 0 Å². The predicted molar refractivity (Wildman–Crippen MR) is 127 cm³/mol. The number of alkyl halides is 1. The molecule has 0 bridgehead atoms. The molecule has 4 N–H and O–H groups in total. The molecular formula is C22H26FN7O2S. The molecule has 1 aliphatic rings. The second kappa shape index (κ2) is 10.5. The summed E-state index contributed by atoms with van der Waals surface area (Å²) in [5.41, 5.74) is 7.82. The number of hydrogen-bond donors (Lipinski definition) is 3. The van der Waals surface area contributed by atoms with Crippen LogP contribution in [-0.4, -0.2) is 57.6 Å². The lowest BCUT2D eigenvalue weighted by molar-refractivity contribution is 0.0814. The molecule has 11 heteroatoms. The average molecular weight is 472 g/mol. The van der Waals surface area contributed by atoms with E-state index in [1.807, 2.05) is 0 Å². The van der Waals surface area contributed by atoms with Crippen LogP contribution in [0, 0.1) is 6.92 Å². The number of halogens is 1. The third-order valence-electron chi connectivity index (χ3n) is 5.26. The second-order valence-electron chi connectivity index (χ2n) is 7.78. The summed E-state index contributed by atoms with van der Waals surface area (Å²) >= 11 is 1.18. The monoisotopic (exact) mass is 471 g/mol. The van der Waals surface area contributed by atoms with E-state index in [-0.39, 0.29) is 18.7 Å². The molecule has 0 radical (unpaired) electrons. The van der Waals surface area contributed by atoms with Crippen molar-refractivity contribution in [1.29, 1.82) is 0 Å². The largest absolute Gasteiger partial charge is 0.473 e. The third kappa shape index (κ3) is 5.93. The lowest BCUT2D eigenvalue weighted by Gasteiger charge is -2.31. The van der Waals surface area contributed by atoms with E-state index in [0.29, 0.717) is 52.4 Å². The molecule has 1 unspecified atom stereocenters. The third-order valence-corrected chi connectivity index (χ3v) is 6.12. The maximum Gasteiger partial charge on any atom is 0.260 e. The number of likely N-dealkylation sites (tertiary alicyclic amines) is 1. The highest BCUT2D eigenvalue weighted by Crippen LogP contribution is 2.28. The lowest BCUT2D eigenvalue weighted by atomic mass is 10.1. The summed E-state index contributed by atoms with van der Waals surface area (Å²) in [5.74, 6) is 0.743. The molecule has 1 saturated heterocycles. The van der Waals surface area contributed by atoms with Gasteiger partial charge in [-0.2, -0.15) is 4.37 Å². The summed E-state index contributed by atoms with van der Waals surface area (Å²) in [4.78, 5) is 23.5. The first-order valence-corrected chi connectivity index (χ1v) is 11.5. The first kappa shape index (κ1) is 22.9. The van der Waals surface area contributed by atoms with E-state index in [1.165, 1.54) is 17.7 Å². The summed E-state index contributed by atoms with van der Waals surface area (Å²) in [7, 11) is 0. The number of hydrogen-bond acceptors (Lipinski definition) is 9. The zero-order valence-corrected chi connectivity index (χ0v) is 19.1. The second-order valence-corrected chi connectivity index (χ2v) is 8.56. The van der Waals surface area contributed by atoms with Crippen molar-refractivity contribution < 1.29 is 13.9 Å². The Morgan fingerprint density at radius 1 is 1.30 bits per heavy atom. The van der Waals surface area contributed by atoms with E-state index in [4.69, 9.17) is 10.5 Å². The minimum atomic E-state index is -0.355. The van der Waals surface area contributed by atoms with Gasteiger partial charge < -0.3 is 21.1 Å². The van der Waals surface area contributed by atoms with Crippen LogP contribution in [0.1, 0.15) is 28.9 Å². The van der Waals surface area contributed by atoms with Gasteiger partial charge in [0.1, 0.15) is 23.6 Å². The fraction of sp³-hybridized carbons (Fsp3) is 0.364. The number of carbonyl (C=O) groups is 1. The van der Waals surface area contributed by atoms with Gasteiger partial charge in [-0.15, -0.1) is 0 Å². The summed E-state index contributed by atoms with van der Waals surface area (Å²) in [6, 6.07) is 6.92. The van der Waals surface area contributed by atoms with Crippen LogP contribution in [0.2, 0.25) is 0 Å². The number of pyridine rings is 2. The van der Waals surface area contributed by atoms with Gasteiger partial charge in [0.05, 0.1) is 35.0 Å². The van der Waals surface area contributed by atoms with Crippen molar-refractivity contribution in [2.75, 3.05) is 42.7 Å². The molecule has 1 fully saturated rings. The van der Waals surface area contributed by atoms with Crippen molar-refractivity contribution >= 4 is 39.6 Å². The highest BCUT2D eigenvalue weighted by molar-refractivity contribution is 7.10. The Kier molecular flexibility index (Phi) is 7.30. The van der Waals surface area contributed by atoms with Gasteiger partial charge in [0.15, 0.2) is 0 Å². The fourth-order valence-corrected chi connectivity index (χ4v) is 4.44. The number of nitrogen functional groups attached to an aromatic ring is 1. The maximum atomic E-state index is 12.9. The van der Waals surface area contributed by atoms with E-state index in [2.05, 4.69) is 29.9 Å². The smallest absolute Gasteiger partial charge is 0.260 e. The van der Waals surface area contributed by atoms with E-state index < -0.39 is 0 Å². The van der Waals surface area contributed by atoms with Crippen LogP contribution in [-0.2, 0) is 0 Å². The summed E-state index contributed by atoms with van der Waals surface area (Å²) in [6.45, 7) is 3.43. The molecule has 4 heterocycles. The molecule has 1 amide bonds. The number of anilines is 4. The normalized spacial score (nSPS) is 16.4. The number of nitrogens with one attached hydrogen (secondary N) is 2. The van der Waals surface area contributed by atoms with Gasteiger partial charge in [0, 0.05) is 19.2 Å². The molecule has 0 aliphatic carbocycles. The first-order valence-electron chi connectivity index (χ1n) is 10.7. The molecule has 4 rings (SSSR count). The van der Waals surface area contributed by atoms with Crippen molar-refractivity contribution in [2.45, 2.75) is 25.9 Å². The number of ether oxygens (including phenoxy) is 1. The van der Waals surface area contributed by atoms with Crippen LogP contribution >= 0.6 is 11.5 Å². The van der Waals surface area contributed by atoms with Crippen LogP contribution in [0.3, 0.4) is 0 Å². The highest BCUT2D eigenvalue weighted by atomic mass is 32.1. The number of rotatable bonds is 8. The Bertz CT molecular complexity index is 1070. The topological polar surface area (TPSA) is 118 Å². The number of aromatic nitrogens is 3. The van der Waals surface area contributed by atoms with E-state index in [0.717, 1.165) is 19.4 Å². The van der Waals surface area contributed by atoms with E-state index in [9.17, 15) is 9.18 Å². The number of nitrogens with zero attached hydrogens (tertiary/aromatic N) is 4. The molecule has 3 aromatic rings. The number of carbonyl (C=O) groups excluding carboxylic acids is 1. The Morgan fingerprint density at radius 2 is 2.18 bits per heavy atom. The van der Waals surface area contributed by atoms with Crippen LogP contribution in [0.5, 0.6) is 5.88 Å². The van der Waals surface area contributed by atoms with Crippen LogP contribution in [0.15, 0.2) is 36.7 Å². The van der Waals surface area contributed by atoms with Gasteiger partial charge in [-0.05, 0) is 56.0 Å². The standard InChI is InChI=1S/C22H26FN7O2S/c1-14-20(22(33-29-14)28-18-6-4-15(24)11-25-18)21(31)27-16-5-7-19(26-12-16)32-17-3-2-9-30(13-17)10-8-23/h4-7,11-12,17H,2-3,8-10,13,24H2,1H3,(H,25,28)(H,27,31). The van der Waals surface area contributed by atoms with Crippen LogP contribution in [0.4, 0.5) is 26.6 Å². The minimum absolute atomic E-state index is 0.0200. The Hall–Kier alpha value is -3.31. The fourth-order valence-electron chi connectivity index (χ4n) is 3.64. The Labute approximate surface area is 195 Å². The molecular weight excluding hydrogens is 445 g/mol. The van der Waals surface area contributed by atoms with Crippen molar-refractivity contribution in [1.82, 2.24) is 19.2 Å². The summed E-state index contributed by atoms with van der Waals surface area (Å²) in [5, 5.41) is 6.56. The highest BCUT2D eigenvalue weighted by Gasteiger charge is 2.22. The summed E-state index contributed by atoms with van der Waals surface area (Å²) < 4.78 is 22.9. The van der Waals surface area contributed by atoms with Gasteiger partial charge >= 0.3 is 0 Å². The van der Waals surface area contributed by atoms with Gasteiger partial charge in [-0.1, -0.05) is 0 Å². The SMILES string of the molecule is Cc1nsc(Nc2ccc(N)cn2)c1C(=O)Nc1ccc(OC2CCCN(CCF)C2)nc1. The zero-order chi connectivity index (χ0) is 23.2. The number of aryl methyl sites for hydroxylation is 1. The molecule has 3 aromatic heterocycles. The predicted octanol–water partition coefficient (Wildman–Crippen LogP) is 3.63. The molecule has 0 aromatic carbocycles. The van der Waals surface area contributed by atoms with Crippen LogP contribution < -0.4 is 21.1 Å². The molecule has 1 atom stereocenters. The van der Waals surface area contributed by atoms with E-state index >= 15 is 0 Å². The molecule has 33 heavy (non-hydrogen) atoms. The first-order chi connectivity index (χ1) is 16.0. The minimum Gasteiger partial charge on any atom is -0.473 e. The Morgan fingerprint density at radius 3 is 2.91 bits per heavy atom. The lowest BCUT2D eigenvalue weighted by Crippen LogP contribution is -2.42. The van der Waals surface area contributed by atoms with Gasteiger partial charge in [-0.3, -0.25) is 9.69 Å². The van der Waals surface area contributed by atoms with Crippen molar-refractivity contribution in [3.8, 4) is 5.88 Å². The maximum absolute atomic E-state index is 12.9. The zero-order valence-electron chi connectivity index (χ0n) is 18.3. The van der Waals surface area contributed by atoms with Gasteiger partial charge in [-0.25, -0.2) is 14.4 Å². The van der Waals surface area contributed by atoms with Crippen molar-refractivity contribution in [3.05, 3.63) is 47.9 Å². The van der Waals surface area contributed by atoms with Crippen molar-refractivity contribution in [2.24, 2.45) is 0 Å². The Balaban J connectivity index is 1.38. The molecule has 1 aliphatic heterocycles. The van der Waals surface area contributed by atoms with Crippen molar-refractivity contribution in [3.63, 3.8) is 0 Å². The van der Waals surface area contributed by atoms with Gasteiger partial charge in [0.25, 0.3) is 5.91 Å². The average Bonchev–Trinajstić information content (AvgIpc) is 3.17. The van der Waals surface area contributed by atoms with Gasteiger partial charge in [0.2, 0.25) is 5.88 Å². The summed E-state index contributed by atoms with van der Waals surface area (Å²) in [6.07, 6.45) is 4.95. The molecule has 0 saturated carbocycles. The number of amides is 1. The molecule has 0 spiro atoms. The molecule has 9 nitrogen and oxygen atoms in total. The quantitative estimate of drug-likeness (QED) is 0.456. The van der Waals surface area contributed by atoms with E-state index in [1.54, 1.807) is 37.4 Å². The molecule has 174 valence electrons. The number of piperidine rings is 1.